The Kier molecular flexibility index (Phi) is 7.14. The number of hydrogen-bond acceptors (Lipinski definition) is 3. The highest BCUT2D eigenvalue weighted by molar-refractivity contribution is 14.0. The van der Waals surface area contributed by atoms with Crippen LogP contribution in [-0.4, -0.2) is 38.2 Å². The summed E-state index contributed by atoms with van der Waals surface area (Å²) in [7, 11) is 1.73. The van der Waals surface area contributed by atoms with Crippen LogP contribution in [0, 0.1) is 11.6 Å². The molecule has 2 aliphatic rings. The highest BCUT2D eigenvalue weighted by Gasteiger charge is 2.42. The lowest BCUT2D eigenvalue weighted by Gasteiger charge is -2.33. The molecule has 152 valence electrons. The number of nitrogens with one attached hydrogen (secondary N) is 2. The average molecular weight is 518 g/mol. The fourth-order valence-corrected chi connectivity index (χ4v) is 4.56. The Morgan fingerprint density at radius 3 is 2.43 bits per heavy atom. The Bertz CT molecular complexity index is 786. The van der Waals surface area contributed by atoms with E-state index in [4.69, 9.17) is 0 Å². The van der Waals surface area contributed by atoms with Crippen molar-refractivity contribution in [2.75, 3.05) is 25.0 Å². The van der Waals surface area contributed by atoms with Gasteiger partial charge in [-0.05, 0) is 48.9 Å². The first kappa shape index (κ1) is 21.3. The molecular formula is C20H25F2IN4S. The minimum atomic E-state index is -0.465. The number of nitrogens with zero attached hydrogens (tertiary/aromatic N) is 2. The molecule has 4 nitrogen and oxygen atoms in total. The van der Waals surface area contributed by atoms with Crippen molar-refractivity contribution in [1.82, 2.24) is 10.6 Å². The van der Waals surface area contributed by atoms with Crippen molar-refractivity contribution < 1.29 is 8.78 Å². The zero-order valence-electron chi connectivity index (χ0n) is 15.7. The predicted molar refractivity (Wildman–Crippen MR) is 122 cm³/mol. The second-order valence-corrected chi connectivity index (χ2v) is 8.08. The monoisotopic (exact) mass is 518 g/mol. The molecule has 2 fully saturated rings. The first-order chi connectivity index (χ1) is 13.2. The predicted octanol–water partition coefficient (Wildman–Crippen LogP) is 4.33. The van der Waals surface area contributed by atoms with E-state index in [-0.39, 0.29) is 41.5 Å². The van der Waals surface area contributed by atoms with Crippen LogP contribution in [0.1, 0.15) is 30.7 Å². The van der Waals surface area contributed by atoms with Gasteiger partial charge in [-0.1, -0.05) is 6.07 Å². The molecule has 2 unspecified atom stereocenters. The third kappa shape index (κ3) is 4.76. The van der Waals surface area contributed by atoms with Crippen molar-refractivity contribution in [3.63, 3.8) is 0 Å². The molecule has 2 N–H and O–H groups in total. The van der Waals surface area contributed by atoms with Crippen LogP contribution in [0.2, 0.25) is 0 Å². The standard InChI is InChI=1S/C20H24F2N4S.HI/c1-23-20(24-13-7-9-26(10-8-13)18-6-3-11-27-18)25-17-12-14(17)19-15(21)4-2-5-16(19)22;/h2-6,11,13-14,17H,7-10,12H2,1H3,(H2,23,24,25);1H. The largest absolute Gasteiger partial charge is 0.363 e. The minimum Gasteiger partial charge on any atom is -0.363 e. The van der Waals surface area contributed by atoms with Crippen molar-refractivity contribution in [3.8, 4) is 0 Å². The first-order valence-corrected chi connectivity index (χ1v) is 10.3. The SMILES string of the molecule is CN=C(NC1CCN(c2cccs2)CC1)NC1CC1c1c(F)cccc1F.I. The van der Waals surface area contributed by atoms with Gasteiger partial charge in [0.05, 0.1) is 5.00 Å². The maximum atomic E-state index is 13.9. The number of benzene rings is 1. The van der Waals surface area contributed by atoms with E-state index < -0.39 is 11.6 Å². The molecule has 2 aromatic rings. The topological polar surface area (TPSA) is 39.7 Å². The summed E-state index contributed by atoms with van der Waals surface area (Å²) < 4.78 is 27.9. The molecule has 1 aliphatic heterocycles. The van der Waals surface area contributed by atoms with Gasteiger partial charge in [-0.3, -0.25) is 4.99 Å². The molecule has 1 saturated carbocycles. The fraction of sp³-hybridized carbons (Fsp3) is 0.450. The maximum Gasteiger partial charge on any atom is 0.191 e. The molecule has 1 aliphatic carbocycles. The van der Waals surface area contributed by atoms with Gasteiger partial charge in [-0.2, -0.15) is 0 Å². The van der Waals surface area contributed by atoms with Gasteiger partial charge in [0.2, 0.25) is 0 Å². The van der Waals surface area contributed by atoms with E-state index >= 15 is 0 Å². The molecule has 8 heteroatoms. The van der Waals surface area contributed by atoms with Crippen molar-refractivity contribution in [2.24, 2.45) is 4.99 Å². The summed E-state index contributed by atoms with van der Waals surface area (Å²) in [6.45, 7) is 2.03. The molecule has 2 heterocycles. The lowest BCUT2D eigenvalue weighted by Crippen LogP contribution is -2.49. The van der Waals surface area contributed by atoms with Gasteiger partial charge < -0.3 is 15.5 Å². The smallest absolute Gasteiger partial charge is 0.191 e. The molecule has 1 aromatic heterocycles. The number of guanidine groups is 1. The Hall–Kier alpha value is -1.42. The first-order valence-electron chi connectivity index (χ1n) is 9.38. The number of halogens is 3. The van der Waals surface area contributed by atoms with Crippen LogP contribution in [0.15, 0.2) is 40.7 Å². The van der Waals surface area contributed by atoms with E-state index in [0.717, 1.165) is 32.4 Å². The third-order valence-electron chi connectivity index (χ3n) is 5.36. The molecule has 0 bridgehead atoms. The number of aliphatic imine (C=N–C) groups is 1. The summed E-state index contributed by atoms with van der Waals surface area (Å²) in [4.78, 5) is 6.71. The van der Waals surface area contributed by atoms with E-state index in [1.165, 1.54) is 23.2 Å². The van der Waals surface area contributed by atoms with Crippen molar-refractivity contribution in [3.05, 3.63) is 52.9 Å². The van der Waals surface area contributed by atoms with Gasteiger partial charge in [-0.25, -0.2) is 8.78 Å². The van der Waals surface area contributed by atoms with Crippen LogP contribution in [-0.2, 0) is 0 Å². The van der Waals surface area contributed by atoms with E-state index in [9.17, 15) is 8.78 Å². The van der Waals surface area contributed by atoms with Gasteiger partial charge in [0.1, 0.15) is 11.6 Å². The van der Waals surface area contributed by atoms with Crippen molar-refractivity contribution >= 4 is 46.3 Å². The Morgan fingerprint density at radius 1 is 1.11 bits per heavy atom. The van der Waals surface area contributed by atoms with Gasteiger partial charge in [0.25, 0.3) is 0 Å². The third-order valence-corrected chi connectivity index (χ3v) is 6.29. The number of thiophene rings is 1. The Morgan fingerprint density at radius 2 is 1.82 bits per heavy atom. The van der Waals surface area contributed by atoms with Crippen LogP contribution >= 0.6 is 35.3 Å². The van der Waals surface area contributed by atoms with Crippen molar-refractivity contribution in [2.45, 2.75) is 37.3 Å². The second kappa shape index (κ2) is 9.39. The number of anilines is 1. The van der Waals surface area contributed by atoms with Crippen LogP contribution < -0.4 is 15.5 Å². The van der Waals surface area contributed by atoms with Crippen molar-refractivity contribution in [1.29, 1.82) is 0 Å². The quantitative estimate of drug-likeness (QED) is 0.360. The lowest BCUT2D eigenvalue weighted by atomic mass is 10.1. The van der Waals surface area contributed by atoms with Crippen LogP contribution in [0.25, 0.3) is 0 Å². The van der Waals surface area contributed by atoms with Crippen LogP contribution in [0.3, 0.4) is 0 Å². The summed E-state index contributed by atoms with van der Waals surface area (Å²) in [5, 5.41) is 10.2. The maximum absolute atomic E-state index is 13.9. The lowest BCUT2D eigenvalue weighted by molar-refractivity contribution is 0.462. The van der Waals surface area contributed by atoms with E-state index in [0.29, 0.717) is 12.0 Å². The van der Waals surface area contributed by atoms with E-state index in [1.807, 2.05) is 0 Å². The molecule has 28 heavy (non-hydrogen) atoms. The molecular weight excluding hydrogens is 493 g/mol. The summed E-state index contributed by atoms with van der Waals surface area (Å²) in [6.07, 6.45) is 2.79. The fourth-order valence-electron chi connectivity index (χ4n) is 3.77. The molecule has 0 amide bonds. The zero-order valence-corrected chi connectivity index (χ0v) is 18.8. The Balaban J connectivity index is 0.00000225. The molecule has 1 aromatic carbocycles. The molecule has 4 rings (SSSR count). The Labute approximate surface area is 185 Å². The highest BCUT2D eigenvalue weighted by Crippen LogP contribution is 2.43. The molecule has 0 radical (unpaired) electrons. The number of piperidine rings is 1. The molecule has 0 spiro atoms. The normalized spacial score (nSPS) is 22.5. The van der Waals surface area contributed by atoms with Gasteiger partial charge >= 0.3 is 0 Å². The van der Waals surface area contributed by atoms with E-state index in [2.05, 4.69) is 38.0 Å². The summed E-state index contributed by atoms with van der Waals surface area (Å²) >= 11 is 1.77. The van der Waals surface area contributed by atoms with Gasteiger partial charge in [0.15, 0.2) is 5.96 Å². The summed E-state index contributed by atoms with van der Waals surface area (Å²) in [5.41, 5.74) is 0.190. The summed E-state index contributed by atoms with van der Waals surface area (Å²) in [5.74, 6) is -0.347. The number of rotatable bonds is 4. The average Bonchev–Trinajstić information content (AvgIpc) is 3.18. The second-order valence-electron chi connectivity index (χ2n) is 7.16. The van der Waals surface area contributed by atoms with Gasteiger partial charge in [-0.15, -0.1) is 35.3 Å². The highest BCUT2D eigenvalue weighted by atomic mass is 127. The minimum absolute atomic E-state index is 0. The number of hydrogen-bond donors (Lipinski definition) is 2. The van der Waals surface area contributed by atoms with Crippen LogP contribution in [0.4, 0.5) is 13.8 Å². The van der Waals surface area contributed by atoms with Gasteiger partial charge in [0, 0.05) is 43.7 Å². The molecule has 2 atom stereocenters. The zero-order chi connectivity index (χ0) is 18.8. The molecule has 1 saturated heterocycles. The van der Waals surface area contributed by atoms with Crippen LogP contribution in [0.5, 0.6) is 0 Å². The summed E-state index contributed by atoms with van der Waals surface area (Å²) in [6, 6.07) is 8.67. The van der Waals surface area contributed by atoms with E-state index in [1.54, 1.807) is 18.4 Å².